The second-order valence-corrected chi connectivity index (χ2v) is 6.32. The number of carbonyl (C=O) groups is 2. The van der Waals surface area contributed by atoms with Crippen molar-refractivity contribution in [2.45, 2.75) is 13.5 Å². The van der Waals surface area contributed by atoms with E-state index in [0.717, 1.165) is 11.1 Å². The summed E-state index contributed by atoms with van der Waals surface area (Å²) in [6, 6.07) is 16.4. The number of hydrogen-bond donors (Lipinski definition) is 2. The van der Waals surface area contributed by atoms with Gasteiger partial charge in [-0.25, -0.2) is 0 Å². The number of anilines is 1. The van der Waals surface area contributed by atoms with Crippen LogP contribution in [0, 0.1) is 6.92 Å². The first-order chi connectivity index (χ1) is 13.5. The molecule has 0 bridgehead atoms. The highest BCUT2D eigenvalue weighted by atomic mass is 16.5. The predicted molar refractivity (Wildman–Crippen MR) is 108 cm³/mol. The molecule has 3 aromatic rings. The number of benzene rings is 2. The molecule has 6 heteroatoms. The molecule has 0 aliphatic carbocycles. The van der Waals surface area contributed by atoms with Crippen LogP contribution in [0.15, 0.2) is 67.0 Å². The van der Waals surface area contributed by atoms with Crippen LogP contribution in [0.4, 0.5) is 5.69 Å². The Morgan fingerprint density at radius 1 is 0.964 bits per heavy atom. The van der Waals surface area contributed by atoms with Crippen molar-refractivity contribution in [3.05, 3.63) is 89.2 Å². The van der Waals surface area contributed by atoms with Crippen LogP contribution in [-0.2, 0) is 6.54 Å². The molecular formula is C22H21N3O3. The molecule has 0 atom stereocenters. The number of amides is 2. The van der Waals surface area contributed by atoms with Crippen molar-refractivity contribution in [2.75, 3.05) is 12.4 Å². The Balaban J connectivity index is 1.65. The fraction of sp³-hybridized carbons (Fsp3) is 0.136. The van der Waals surface area contributed by atoms with Gasteiger partial charge in [-0.1, -0.05) is 29.8 Å². The van der Waals surface area contributed by atoms with Gasteiger partial charge in [0.15, 0.2) is 0 Å². The SMILES string of the molecule is COc1ccc(NC(=O)c2cncc(C(=O)NCc3cccc(C)c3)c2)cc1. The van der Waals surface area contributed by atoms with Gasteiger partial charge < -0.3 is 15.4 Å². The second-order valence-electron chi connectivity index (χ2n) is 6.32. The molecule has 0 saturated carbocycles. The van der Waals surface area contributed by atoms with E-state index >= 15 is 0 Å². The molecule has 0 fully saturated rings. The first kappa shape index (κ1) is 19.1. The summed E-state index contributed by atoms with van der Waals surface area (Å²) in [5.74, 6) is 0.0750. The Morgan fingerprint density at radius 2 is 1.68 bits per heavy atom. The summed E-state index contributed by atoms with van der Waals surface area (Å²) in [7, 11) is 1.58. The molecule has 28 heavy (non-hydrogen) atoms. The first-order valence-electron chi connectivity index (χ1n) is 8.79. The van der Waals surface area contributed by atoms with Crippen LogP contribution in [0.1, 0.15) is 31.8 Å². The van der Waals surface area contributed by atoms with Gasteiger partial charge >= 0.3 is 0 Å². The quantitative estimate of drug-likeness (QED) is 0.690. The summed E-state index contributed by atoms with van der Waals surface area (Å²) in [5.41, 5.74) is 3.40. The summed E-state index contributed by atoms with van der Waals surface area (Å²) in [6.07, 6.45) is 2.87. The lowest BCUT2D eigenvalue weighted by Gasteiger charge is -2.08. The molecule has 6 nitrogen and oxygen atoms in total. The lowest BCUT2D eigenvalue weighted by molar-refractivity contribution is 0.0950. The molecule has 0 radical (unpaired) electrons. The monoisotopic (exact) mass is 375 g/mol. The van der Waals surface area contributed by atoms with E-state index in [0.29, 0.717) is 29.1 Å². The summed E-state index contributed by atoms with van der Waals surface area (Å²) in [4.78, 5) is 28.9. The molecule has 1 heterocycles. The zero-order valence-electron chi connectivity index (χ0n) is 15.7. The third-order valence-electron chi connectivity index (χ3n) is 4.15. The number of ether oxygens (including phenoxy) is 1. The number of nitrogens with one attached hydrogen (secondary N) is 2. The van der Waals surface area contributed by atoms with E-state index in [-0.39, 0.29) is 11.8 Å². The lowest BCUT2D eigenvalue weighted by atomic mass is 10.1. The smallest absolute Gasteiger partial charge is 0.257 e. The molecule has 0 spiro atoms. The summed E-state index contributed by atoms with van der Waals surface area (Å²) in [6.45, 7) is 2.41. The van der Waals surface area contributed by atoms with Crippen molar-refractivity contribution < 1.29 is 14.3 Å². The highest BCUT2D eigenvalue weighted by Crippen LogP contribution is 2.16. The maximum Gasteiger partial charge on any atom is 0.257 e. The fourth-order valence-electron chi connectivity index (χ4n) is 2.67. The van der Waals surface area contributed by atoms with Gasteiger partial charge in [-0.05, 0) is 42.8 Å². The molecule has 2 amide bonds. The van der Waals surface area contributed by atoms with Crippen molar-refractivity contribution in [1.29, 1.82) is 0 Å². The van der Waals surface area contributed by atoms with Crippen molar-refractivity contribution in [2.24, 2.45) is 0 Å². The standard InChI is InChI=1S/C22H21N3O3/c1-15-4-3-5-16(10-15)12-24-21(26)17-11-18(14-23-13-17)22(27)25-19-6-8-20(28-2)9-7-19/h3-11,13-14H,12H2,1-2H3,(H,24,26)(H,25,27). The Hall–Kier alpha value is -3.67. The molecule has 0 aliphatic heterocycles. The van der Waals surface area contributed by atoms with Gasteiger partial charge in [-0.2, -0.15) is 0 Å². The Kier molecular flexibility index (Phi) is 6.01. The molecule has 1 aromatic heterocycles. The number of aromatic nitrogens is 1. The van der Waals surface area contributed by atoms with Crippen LogP contribution in [0.3, 0.4) is 0 Å². The van der Waals surface area contributed by atoms with E-state index in [1.54, 1.807) is 31.4 Å². The van der Waals surface area contributed by atoms with Crippen molar-refractivity contribution in [3.63, 3.8) is 0 Å². The topological polar surface area (TPSA) is 80.3 Å². The second kappa shape index (κ2) is 8.81. The Morgan fingerprint density at radius 3 is 2.36 bits per heavy atom. The number of pyridine rings is 1. The highest BCUT2D eigenvalue weighted by molar-refractivity contribution is 6.05. The molecule has 142 valence electrons. The first-order valence-corrected chi connectivity index (χ1v) is 8.79. The molecular weight excluding hydrogens is 354 g/mol. The van der Waals surface area contributed by atoms with Gasteiger partial charge in [-0.3, -0.25) is 14.6 Å². The maximum atomic E-state index is 12.4. The summed E-state index contributed by atoms with van der Waals surface area (Å²) in [5, 5.41) is 5.62. The third-order valence-corrected chi connectivity index (χ3v) is 4.15. The van der Waals surface area contributed by atoms with Gasteiger partial charge in [0.2, 0.25) is 0 Å². The number of carbonyl (C=O) groups excluding carboxylic acids is 2. The van der Waals surface area contributed by atoms with E-state index in [4.69, 9.17) is 4.74 Å². The minimum Gasteiger partial charge on any atom is -0.497 e. The molecule has 2 aromatic carbocycles. The average Bonchev–Trinajstić information content (AvgIpc) is 2.72. The zero-order chi connectivity index (χ0) is 19.9. The molecule has 2 N–H and O–H groups in total. The van der Waals surface area contributed by atoms with E-state index < -0.39 is 0 Å². The highest BCUT2D eigenvalue weighted by Gasteiger charge is 2.12. The van der Waals surface area contributed by atoms with Crippen LogP contribution in [0.25, 0.3) is 0 Å². The Bertz CT molecular complexity index is 984. The molecule has 0 unspecified atom stereocenters. The van der Waals surface area contributed by atoms with E-state index in [1.807, 2.05) is 31.2 Å². The predicted octanol–water partition coefficient (Wildman–Crippen LogP) is 3.58. The number of hydrogen-bond acceptors (Lipinski definition) is 4. The van der Waals surface area contributed by atoms with Crippen LogP contribution < -0.4 is 15.4 Å². The lowest BCUT2D eigenvalue weighted by Crippen LogP contribution is -2.23. The normalized spacial score (nSPS) is 10.2. The number of methoxy groups -OCH3 is 1. The van der Waals surface area contributed by atoms with Crippen LogP contribution >= 0.6 is 0 Å². The van der Waals surface area contributed by atoms with Gasteiger partial charge in [0.1, 0.15) is 5.75 Å². The van der Waals surface area contributed by atoms with Gasteiger partial charge in [-0.15, -0.1) is 0 Å². The number of rotatable bonds is 6. The van der Waals surface area contributed by atoms with Crippen LogP contribution in [0.2, 0.25) is 0 Å². The fourth-order valence-corrected chi connectivity index (χ4v) is 2.67. The van der Waals surface area contributed by atoms with Crippen molar-refractivity contribution in [1.82, 2.24) is 10.3 Å². The third kappa shape index (κ3) is 4.94. The minimum absolute atomic E-state index is 0.284. The van der Waals surface area contributed by atoms with E-state index in [9.17, 15) is 9.59 Å². The minimum atomic E-state index is -0.342. The van der Waals surface area contributed by atoms with Gasteiger partial charge in [0, 0.05) is 24.6 Å². The molecule has 0 aliphatic rings. The average molecular weight is 375 g/mol. The van der Waals surface area contributed by atoms with Crippen LogP contribution in [-0.4, -0.2) is 23.9 Å². The number of aryl methyl sites for hydroxylation is 1. The van der Waals surface area contributed by atoms with Crippen LogP contribution in [0.5, 0.6) is 5.75 Å². The molecule has 3 rings (SSSR count). The van der Waals surface area contributed by atoms with E-state index in [1.165, 1.54) is 18.5 Å². The Labute approximate surface area is 163 Å². The van der Waals surface area contributed by atoms with E-state index in [2.05, 4.69) is 15.6 Å². The summed E-state index contributed by atoms with van der Waals surface area (Å²) < 4.78 is 5.10. The van der Waals surface area contributed by atoms with Crippen molar-refractivity contribution >= 4 is 17.5 Å². The summed E-state index contributed by atoms with van der Waals surface area (Å²) >= 11 is 0. The van der Waals surface area contributed by atoms with Crippen molar-refractivity contribution in [3.8, 4) is 5.75 Å². The zero-order valence-corrected chi connectivity index (χ0v) is 15.7. The number of nitrogens with zero attached hydrogens (tertiary/aromatic N) is 1. The maximum absolute atomic E-state index is 12.4. The largest absolute Gasteiger partial charge is 0.497 e. The van der Waals surface area contributed by atoms with Gasteiger partial charge in [0.05, 0.1) is 18.2 Å². The van der Waals surface area contributed by atoms with Gasteiger partial charge in [0.25, 0.3) is 11.8 Å². The molecule has 0 saturated heterocycles.